The number of carbonyl (C=O) groups is 4. The Morgan fingerprint density at radius 3 is 2.56 bits per heavy atom. The van der Waals surface area contributed by atoms with Gasteiger partial charge in [-0.05, 0) is 92.5 Å². The molecule has 2 aromatic heterocycles. The largest absolute Gasteiger partial charge is 0.483 e. The van der Waals surface area contributed by atoms with E-state index >= 15 is 0 Å². The zero-order valence-electron chi connectivity index (χ0n) is 25.5. The Kier molecular flexibility index (Phi) is 9.68. The summed E-state index contributed by atoms with van der Waals surface area (Å²) < 4.78 is 5.31. The second-order valence-electron chi connectivity index (χ2n) is 12.6. The van der Waals surface area contributed by atoms with Crippen LogP contribution in [-0.4, -0.2) is 59.8 Å². The molecule has 0 spiro atoms. The van der Waals surface area contributed by atoms with Gasteiger partial charge < -0.3 is 35.6 Å². The molecule has 0 radical (unpaired) electrons. The van der Waals surface area contributed by atoms with Gasteiger partial charge in [0.25, 0.3) is 23.8 Å². The van der Waals surface area contributed by atoms with Crippen molar-refractivity contribution in [2.45, 2.75) is 70.8 Å². The van der Waals surface area contributed by atoms with Crippen molar-refractivity contribution in [2.75, 3.05) is 25.5 Å². The van der Waals surface area contributed by atoms with E-state index in [1.54, 1.807) is 18.2 Å². The molecule has 5 N–H and O–H groups in total. The molecular formula is C32H39N5O7S. The number of hydrogen-bond acceptors (Lipinski definition) is 9. The lowest BCUT2D eigenvalue weighted by molar-refractivity contribution is -0.123. The maximum atomic E-state index is 12.6. The average molecular weight is 638 g/mol. The highest BCUT2D eigenvalue weighted by atomic mass is 32.1. The Morgan fingerprint density at radius 2 is 1.89 bits per heavy atom. The highest BCUT2D eigenvalue weighted by Crippen LogP contribution is 2.56. The smallest absolute Gasteiger partial charge is 0.290 e. The molecule has 4 aliphatic carbocycles. The van der Waals surface area contributed by atoms with E-state index in [-0.39, 0.29) is 37.3 Å². The van der Waals surface area contributed by atoms with Crippen LogP contribution in [0.4, 0.5) is 5.69 Å². The average Bonchev–Trinajstić information content (AvgIpc) is 3.60. The number of carboxylic acid groups (broad SMARTS) is 1. The Balaban J connectivity index is 0.000000221. The number of H-pyrrole nitrogens is 1. The number of hydrogen-bond donors (Lipinski definition) is 5. The first-order valence-corrected chi connectivity index (χ1v) is 16.0. The van der Waals surface area contributed by atoms with Crippen molar-refractivity contribution in [1.82, 2.24) is 20.6 Å². The summed E-state index contributed by atoms with van der Waals surface area (Å²) >= 11 is 1.36. The van der Waals surface area contributed by atoms with Gasteiger partial charge in [-0.25, -0.2) is 4.98 Å². The lowest BCUT2D eigenvalue weighted by atomic mass is 9.54. The Bertz CT molecular complexity index is 1640. The van der Waals surface area contributed by atoms with Crippen molar-refractivity contribution < 1.29 is 29.0 Å². The number of aldehydes is 1. The van der Waals surface area contributed by atoms with Crippen molar-refractivity contribution in [3.63, 3.8) is 0 Å². The Labute approximate surface area is 264 Å². The van der Waals surface area contributed by atoms with Crippen molar-refractivity contribution in [3.05, 3.63) is 50.4 Å². The fourth-order valence-corrected chi connectivity index (χ4v) is 8.18. The van der Waals surface area contributed by atoms with Gasteiger partial charge in [-0.1, -0.05) is 13.0 Å². The summed E-state index contributed by atoms with van der Waals surface area (Å²) in [5.74, 6) is -0.555. The van der Waals surface area contributed by atoms with Gasteiger partial charge in [-0.15, -0.1) is 11.3 Å². The minimum atomic E-state index is -0.521. The first kappa shape index (κ1) is 32.3. The third-order valence-electron chi connectivity index (χ3n) is 9.57. The van der Waals surface area contributed by atoms with Crippen LogP contribution in [0.15, 0.2) is 23.0 Å². The van der Waals surface area contributed by atoms with Gasteiger partial charge in [0.05, 0.1) is 11.1 Å². The first-order chi connectivity index (χ1) is 21.6. The molecule has 5 aliphatic rings. The zero-order valence-corrected chi connectivity index (χ0v) is 26.3. The van der Waals surface area contributed by atoms with Gasteiger partial charge in [0.1, 0.15) is 16.9 Å². The number of amides is 2. The summed E-state index contributed by atoms with van der Waals surface area (Å²) in [5.41, 5.74) is 3.07. The van der Waals surface area contributed by atoms with E-state index in [1.807, 2.05) is 0 Å². The minimum Gasteiger partial charge on any atom is -0.483 e. The first-order valence-electron chi connectivity index (χ1n) is 15.2. The maximum Gasteiger partial charge on any atom is 0.290 e. The molecule has 13 heteroatoms. The van der Waals surface area contributed by atoms with E-state index in [1.165, 1.54) is 56.4 Å². The van der Waals surface area contributed by atoms with Crippen molar-refractivity contribution in [3.8, 4) is 5.75 Å². The number of nitrogens with one attached hydrogen (secondary N) is 4. The van der Waals surface area contributed by atoms with Crippen LogP contribution in [0.3, 0.4) is 0 Å². The van der Waals surface area contributed by atoms with E-state index in [9.17, 15) is 19.2 Å². The quantitative estimate of drug-likeness (QED) is 0.252. The number of aromatic amines is 1. The van der Waals surface area contributed by atoms with Crippen molar-refractivity contribution in [1.29, 1.82) is 0 Å². The van der Waals surface area contributed by atoms with Crippen LogP contribution in [-0.2, 0) is 27.3 Å². The summed E-state index contributed by atoms with van der Waals surface area (Å²) in [7, 11) is 2.09. The van der Waals surface area contributed by atoms with E-state index in [4.69, 9.17) is 14.6 Å². The topological polar surface area (TPSA) is 180 Å². The summed E-state index contributed by atoms with van der Waals surface area (Å²) in [6, 6.07) is 5.22. The molecule has 3 saturated carbocycles. The Morgan fingerprint density at radius 1 is 1.18 bits per heavy atom. The number of anilines is 1. The number of fused-ring (bicyclic) bond motifs is 7. The van der Waals surface area contributed by atoms with Gasteiger partial charge >= 0.3 is 0 Å². The maximum absolute atomic E-state index is 12.6. The fourth-order valence-electron chi connectivity index (χ4n) is 6.92. The van der Waals surface area contributed by atoms with E-state index in [2.05, 4.69) is 39.9 Å². The van der Waals surface area contributed by atoms with E-state index < -0.39 is 11.5 Å². The van der Waals surface area contributed by atoms with E-state index in [0.29, 0.717) is 33.5 Å². The number of thiophene rings is 1. The molecule has 3 aromatic rings. The molecule has 45 heavy (non-hydrogen) atoms. The molecule has 0 saturated heterocycles. The third kappa shape index (κ3) is 6.94. The Hall–Kier alpha value is -4.10. The van der Waals surface area contributed by atoms with Gasteiger partial charge in [0.15, 0.2) is 6.61 Å². The molecule has 240 valence electrons. The highest BCUT2D eigenvalue weighted by molar-refractivity contribution is 7.18. The van der Waals surface area contributed by atoms with Gasteiger partial charge in [-0.3, -0.25) is 19.2 Å². The summed E-state index contributed by atoms with van der Waals surface area (Å²) in [6.07, 6.45) is 11.2. The van der Waals surface area contributed by atoms with Crippen LogP contribution in [0.2, 0.25) is 0 Å². The van der Waals surface area contributed by atoms with Crippen LogP contribution in [0.5, 0.6) is 5.75 Å². The molecule has 2 bridgehead atoms. The second kappa shape index (κ2) is 13.5. The predicted octanol–water partition coefficient (Wildman–Crippen LogP) is 3.74. The van der Waals surface area contributed by atoms with Gasteiger partial charge in [-0.2, -0.15) is 0 Å². The molecule has 8 rings (SSSR count). The summed E-state index contributed by atoms with van der Waals surface area (Å²) in [6.45, 7) is 3.64. The molecule has 1 atom stereocenters. The third-order valence-corrected chi connectivity index (χ3v) is 10.7. The highest BCUT2D eigenvalue weighted by Gasteiger charge is 2.45. The molecule has 3 heterocycles. The SMILES string of the molecule is CNCC12CCC(C)(CC1)CC2.O=CC1CCc2sc3nc(C(=O)NCc4ccc5c(c4)NC(=O)CO5)[nH]c(=O)c3c21.O=CO. The van der Waals surface area contributed by atoms with Gasteiger partial charge in [0, 0.05) is 23.9 Å². The molecule has 12 nitrogen and oxygen atoms in total. The van der Waals surface area contributed by atoms with Crippen molar-refractivity contribution in [2.24, 2.45) is 10.8 Å². The van der Waals surface area contributed by atoms with Crippen LogP contribution in [0, 0.1) is 10.8 Å². The second-order valence-corrected chi connectivity index (χ2v) is 13.7. The molecule has 2 amide bonds. The standard InChI is InChI=1S/C20H16N4O5S.C11H21N.CH2O2/c25-7-10-2-4-13-15(10)16-18(27)23-17(24-20(16)30-13)19(28)21-6-9-1-3-12-11(5-9)22-14(26)8-29-12;1-10-3-6-11(7-4-10,8-5-10)9-12-2;2-1-3/h1,3,5,7,10H,2,4,6,8H2,(H,21,28)(H,22,26)(H,23,24,27);12H,3-9H2,1-2H3;1H,(H,2,3). The number of aromatic nitrogens is 2. The number of carbonyl (C=O) groups excluding carboxylic acids is 3. The number of nitrogens with zero attached hydrogens (tertiary/aromatic N) is 1. The molecule has 1 unspecified atom stereocenters. The molecular weight excluding hydrogens is 598 g/mol. The number of aryl methyl sites for hydroxylation is 1. The monoisotopic (exact) mass is 637 g/mol. The number of rotatable bonds is 6. The summed E-state index contributed by atoms with van der Waals surface area (Å²) in [5, 5.41) is 16.1. The van der Waals surface area contributed by atoms with Gasteiger partial charge in [0.2, 0.25) is 5.82 Å². The number of ether oxygens (including phenoxy) is 1. The van der Waals surface area contributed by atoms with Crippen molar-refractivity contribution >= 4 is 51.8 Å². The van der Waals surface area contributed by atoms with Crippen LogP contribution >= 0.6 is 11.3 Å². The molecule has 3 fully saturated rings. The minimum absolute atomic E-state index is 0.0235. The zero-order chi connectivity index (χ0) is 32.2. The normalized spacial score (nSPS) is 24.0. The lowest BCUT2D eigenvalue weighted by Crippen LogP contribution is -2.44. The predicted molar refractivity (Wildman–Crippen MR) is 170 cm³/mol. The van der Waals surface area contributed by atoms with Crippen LogP contribution in [0.1, 0.15) is 84.4 Å². The van der Waals surface area contributed by atoms with Crippen LogP contribution in [0.25, 0.3) is 10.2 Å². The van der Waals surface area contributed by atoms with E-state index in [0.717, 1.165) is 34.1 Å². The molecule has 1 aromatic carbocycles. The fraction of sp³-hybridized carbons (Fsp3) is 0.500. The molecule has 1 aliphatic heterocycles. The lowest BCUT2D eigenvalue weighted by Gasteiger charge is -2.52. The van der Waals surface area contributed by atoms with Crippen LogP contribution < -0.4 is 26.2 Å². The summed E-state index contributed by atoms with van der Waals surface area (Å²) in [4.78, 5) is 64.6. The number of benzene rings is 1.